The number of ether oxygens (including phenoxy) is 1. The molecule has 1 aromatic rings. The summed E-state index contributed by atoms with van der Waals surface area (Å²) >= 11 is 0. The van der Waals surface area contributed by atoms with Gasteiger partial charge in [0.25, 0.3) is 0 Å². The highest BCUT2D eigenvalue weighted by Gasteiger charge is 2.23. The molecule has 0 saturated heterocycles. The van der Waals surface area contributed by atoms with Crippen molar-refractivity contribution < 1.29 is 9.13 Å². The first-order valence-corrected chi connectivity index (χ1v) is 7.25. The van der Waals surface area contributed by atoms with Crippen molar-refractivity contribution in [3.05, 3.63) is 35.1 Å². The van der Waals surface area contributed by atoms with E-state index in [-0.39, 0.29) is 18.0 Å². The third-order valence-electron chi connectivity index (χ3n) is 3.34. The Hall–Kier alpha value is -0.930. The highest BCUT2D eigenvalue weighted by Crippen LogP contribution is 2.25. The van der Waals surface area contributed by atoms with Crippen molar-refractivity contribution in [1.29, 1.82) is 0 Å². The lowest BCUT2D eigenvalue weighted by Crippen LogP contribution is -2.34. The van der Waals surface area contributed by atoms with Crippen molar-refractivity contribution in [3.8, 4) is 0 Å². The molecule has 1 rings (SSSR count). The summed E-state index contributed by atoms with van der Waals surface area (Å²) in [5.74, 6) is -0.181. The highest BCUT2D eigenvalue weighted by molar-refractivity contribution is 5.30. The minimum atomic E-state index is -0.181. The zero-order chi connectivity index (χ0) is 14.3. The second-order valence-electron chi connectivity index (χ2n) is 4.83. The molecular weight excluding hydrogens is 241 g/mol. The van der Waals surface area contributed by atoms with Gasteiger partial charge in [0.05, 0.1) is 12.1 Å². The van der Waals surface area contributed by atoms with E-state index < -0.39 is 0 Å². The van der Waals surface area contributed by atoms with E-state index in [1.54, 1.807) is 6.07 Å². The second kappa shape index (κ2) is 8.28. The van der Waals surface area contributed by atoms with Gasteiger partial charge >= 0.3 is 0 Å². The van der Waals surface area contributed by atoms with Crippen LogP contribution < -0.4 is 5.32 Å². The predicted molar refractivity (Wildman–Crippen MR) is 77.9 cm³/mol. The summed E-state index contributed by atoms with van der Waals surface area (Å²) in [6.07, 6.45) is 2.13. The van der Waals surface area contributed by atoms with Crippen LogP contribution in [0.3, 0.4) is 0 Å². The summed E-state index contributed by atoms with van der Waals surface area (Å²) in [6, 6.07) is 5.13. The van der Waals surface area contributed by atoms with Crippen LogP contribution in [0.15, 0.2) is 18.2 Å². The van der Waals surface area contributed by atoms with Crippen LogP contribution in [0.1, 0.15) is 50.8 Å². The van der Waals surface area contributed by atoms with Gasteiger partial charge in [-0.3, -0.25) is 0 Å². The number of rotatable bonds is 8. The lowest BCUT2D eigenvalue weighted by molar-refractivity contribution is 0.0312. The van der Waals surface area contributed by atoms with E-state index in [1.807, 2.05) is 19.9 Å². The van der Waals surface area contributed by atoms with E-state index in [0.717, 1.165) is 30.5 Å². The van der Waals surface area contributed by atoms with Crippen LogP contribution in [0, 0.1) is 12.7 Å². The van der Waals surface area contributed by atoms with Crippen LogP contribution in [-0.4, -0.2) is 19.3 Å². The maximum atomic E-state index is 13.2. The SMILES string of the molecule is CCCNC(c1ccc(F)cc1C)C(CC)OCC. The summed E-state index contributed by atoms with van der Waals surface area (Å²) in [5.41, 5.74) is 2.11. The van der Waals surface area contributed by atoms with Gasteiger partial charge in [0.15, 0.2) is 0 Å². The minimum absolute atomic E-state index is 0.126. The highest BCUT2D eigenvalue weighted by atomic mass is 19.1. The molecule has 19 heavy (non-hydrogen) atoms. The normalized spacial score (nSPS) is 14.4. The van der Waals surface area contributed by atoms with E-state index in [4.69, 9.17) is 4.74 Å². The predicted octanol–water partition coefficient (Wildman–Crippen LogP) is 3.99. The Morgan fingerprint density at radius 1 is 1.26 bits per heavy atom. The Labute approximate surface area is 116 Å². The monoisotopic (exact) mass is 267 g/mol. The minimum Gasteiger partial charge on any atom is -0.377 e. The zero-order valence-corrected chi connectivity index (χ0v) is 12.5. The molecule has 0 heterocycles. The fraction of sp³-hybridized carbons (Fsp3) is 0.625. The third-order valence-corrected chi connectivity index (χ3v) is 3.34. The molecule has 108 valence electrons. The lowest BCUT2D eigenvalue weighted by atomic mass is 9.95. The Balaban J connectivity index is 2.99. The van der Waals surface area contributed by atoms with E-state index >= 15 is 0 Å². The van der Waals surface area contributed by atoms with Crippen molar-refractivity contribution in [3.63, 3.8) is 0 Å². The van der Waals surface area contributed by atoms with E-state index in [2.05, 4.69) is 19.2 Å². The molecule has 0 bridgehead atoms. The summed E-state index contributed by atoms with van der Waals surface area (Å²) in [4.78, 5) is 0. The molecule has 2 atom stereocenters. The van der Waals surface area contributed by atoms with Gasteiger partial charge in [0, 0.05) is 6.61 Å². The number of benzene rings is 1. The van der Waals surface area contributed by atoms with Gasteiger partial charge in [0.2, 0.25) is 0 Å². The van der Waals surface area contributed by atoms with Crippen LogP contribution in [0.25, 0.3) is 0 Å². The maximum Gasteiger partial charge on any atom is 0.123 e. The number of nitrogens with one attached hydrogen (secondary N) is 1. The molecule has 0 fully saturated rings. The molecule has 0 aliphatic carbocycles. The van der Waals surface area contributed by atoms with Crippen LogP contribution in [0.2, 0.25) is 0 Å². The Bertz CT molecular complexity index is 381. The van der Waals surface area contributed by atoms with Gasteiger partial charge in [-0.2, -0.15) is 0 Å². The smallest absolute Gasteiger partial charge is 0.123 e. The second-order valence-corrected chi connectivity index (χ2v) is 4.83. The average molecular weight is 267 g/mol. The molecule has 1 N–H and O–H groups in total. The van der Waals surface area contributed by atoms with Gasteiger partial charge in [-0.25, -0.2) is 4.39 Å². The van der Waals surface area contributed by atoms with Gasteiger partial charge in [-0.1, -0.05) is 19.9 Å². The van der Waals surface area contributed by atoms with Crippen LogP contribution in [0.5, 0.6) is 0 Å². The van der Waals surface area contributed by atoms with Crippen molar-refractivity contribution in [2.24, 2.45) is 0 Å². The first-order valence-electron chi connectivity index (χ1n) is 7.25. The zero-order valence-electron chi connectivity index (χ0n) is 12.5. The van der Waals surface area contributed by atoms with Crippen LogP contribution in [-0.2, 0) is 4.74 Å². The van der Waals surface area contributed by atoms with Gasteiger partial charge in [0.1, 0.15) is 5.82 Å². The van der Waals surface area contributed by atoms with Gasteiger partial charge in [-0.15, -0.1) is 0 Å². The molecule has 2 nitrogen and oxygen atoms in total. The standard InChI is InChI=1S/C16H26FNO/c1-5-10-18-16(15(6-2)19-7-3)14-9-8-13(17)11-12(14)4/h8-9,11,15-16,18H,5-7,10H2,1-4H3. The first kappa shape index (κ1) is 16.1. The molecule has 0 saturated carbocycles. The number of halogens is 1. The maximum absolute atomic E-state index is 13.2. The van der Waals surface area contributed by atoms with E-state index in [0.29, 0.717) is 6.61 Å². The van der Waals surface area contributed by atoms with Gasteiger partial charge < -0.3 is 10.1 Å². The topological polar surface area (TPSA) is 21.3 Å². The van der Waals surface area contributed by atoms with Crippen molar-refractivity contribution in [2.45, 2.75) is 52.7 Å². The quantitative estimate of drug-likeness (QED) is 0.769. The lowest BCUT2D eigenvalue weighted by Gasteiger charge is -2.29. The number of hydrogen-bond acceptors (Lipinski definition) is 2. The van der Waals surface area contributed by atoms with E-state index in [1.165, 1.54) is 6.07 Å². The number of aryl methyl sites for hydroxylation is 1. The summed E-state index contributed by atoms with van der Waals surface area (Å²) < 4.78 is 19.1. The molecule has 1 aromatic carbocycles. The fourth-order valence-corrected chi connectivity index (χ4v) is 2.39. The van der Waals surface area contributed by atoms with Crippen molar-refractivity contribution in [2.75, 3.05) is 13.2 Å². The molecule has 3 heteroatoms. The molecule has 0 aliphatic rings. The summed E-state index contributed by atoms with van der Waals surface area (Å²) in [5, 5.41) is 3.53. The average Bonchev–Trinajstić information content (AvgIpc) is 2.39. The first-order chi connectivity index (χ1) is 9.13. The van der Waals surface area contributed by atoms with Crippen LogP contribution >= 0.6 is 0 Å². The molecule has 0 radical (unpaired) electrons. The summed E-state index contributed by atoms with van der Waals surface area (Å²) in [7, 11) is 0. The molecule has 0 amide bonds. The van der Waals surface area contributed by atoms with Crippen molar-refractivity contribution in [1.82, 2.24) is 5.32 Å². The largest absolute Gasteiger partial charge is 0.377 e. The molecular formula is C16H26FNO. The summed E-state index contributed by atoms with van der Waals surface area (Å²) in [6.45, 7) is 9.87. The Kier molecular flexibility index (Phi) is 7.03. The van der Waals surface area contributed by atoms with Crippen LogP contribution in [0.4, 0.5) is 4.39 Å². The third kappa shape index (κ3) is 4.59. The van der Waals surface area contributed by atoms with Gasteiger partial charge in [-0.05, 0) is 56.5 Å². The molecule has 0 aromatic heterocycles. The molecule has 0 aliphatic heterocycles. The Morgan fingerprint density at radius 3 is 2.53 bits per heavy atom. The molecule has 2 unspecified atom stereocenters. The Morgan fingerprint density at radius 2 is 2.00 bits per heavy atom. The fourth-order valence-electron chi connectivity index (χ4n) is 2.39. The molecule has 0 spiro atoms. The number of hydrogen-bond donors (Lipinski definition) is 1. The van der Waals surface area contributed by atoms with Crippen molar-refractivity contribution >= 4 is 0 Å². The van der Waals surface area contributed by atoms with E-state index in [9.17, 15) is 4.39 Å².